The predicted molar refractivity (Wildman–Crippen MR) is 208 cm³/mol. The summed E-state index contributed by atoms with van der Waals surface area (Å²) in [6, 6.07) is 0. The predicted octanol–water partition coefficient (Wildman–Crippen LogP) is 11.6. The van der Waals surface area contributed by atoms with Crippen LogP contribution in [0.25, 0.3) is 0 Å². The molecule has 3 atom stereocenters. The molecule has 0 amide bonds. The monoisotopic (exact) mass is 666 g/mol. The van der Waals surface area contributed by atoms with Crippen molar-refractivity contribution in [3.8, 4) is 0 Å². The number of aldehydes is 1. The zero-order chi connectivity index (χ0) is 36.6. The van der Waals surface area contributed by atoms with Crippen molar-refractivity contribution in [1.82, 2.24) is 0 Å². The minimum Gasteiger partial charge on any atom is -0.462 e. The number of carbonyl (C=O) groups excluding carboxylic acids is 2. The molecule has 0 heterocycles. The molecule has 0 N–H and O–H groups in total. The lowest BCUT2D eigenvalue weighted by molar-refractivity contribution is -0.151. The minimum atomic E-state index is -0.291. The van der Waals surface area contributed by atoms with Gasteiger partial charge in [-0.1, -0.05) is 152 Å². The van der Waals surface area contributed by atoms with E-state index < -0.39 is 0 Å². The van der Waals surface area contributed by atoms with E-state index in [9.17, 15) is 9.59 Å². The van der Waals surface area contributed by atoms with Gasteiger partial charge in [-0.3, -0.25) is 4.79 Å². The third kappa shape index (κ3) is 14.7. The standard InChI is InChI=1S/C45H62O4/c1-33(19-14-21-35(3)24-26-41-37(5)29-39(48-11)31-44(41,7)8)17-12-13-18-34(2)20-15-22-36(4)25-27-42-38(6)30-40(32-45(42,9)10)49-43(47)23-16-28-46/h12-15,17-22,24-29,39-41H,16,23,30-32H2,1-11H3/b13-12+,19-14+,20-15+,26-24+,27-25+,33-17+,34-18+,35-21+,36-22+. The van der Waals surface area contributed by atoms with E-state index in [2.05, 4.69) is 160 Å². The molecule has 2 rings (SSSR count). The second-order valence-electron chi connectivity index (χ2n) is 15.1. The molecule has 0 aliphatic heterocycles. The molecule has 0 bridgehead atoms. The van der Waals surface area contributed by atoms with Gasteiger partial charge in [0, 0.05) is 25.9 Å². The highest BCUT2D eigenvalue weighted by molar-refractivity contribution is 5.72. The zero-order valence-electron chi connectivity index (χ0n) is 32.1. The van der Waals surface area contributed by atoms with Crippen LogP contribution in [0.15, 0.2) is 130 Å². The maximum Gasteiger partial charge on any atom is 0.306 e. The Bertz CT molecular complexity index is 1490. The van der Waals surface area contributed by atoms with Crippen molar-refractivity contribution in [2.24, 2.45) is 16.7 Å². The summed E-state index contributed by atoms with van der Waals surface area (Å²) in [5, 5.41) is 0. The van der Waals surface area contributed by atoms with Gasteiger partial charge in [-0.2, -0.15) is 0 Å². The van der Waals surface area contributed by atoms with Gasteiger partial charge in [0.15, 0.2) is 0 Å². The highest BCUT2D eigenvalue weighted by Crippen LogP contribution is 2.43. The fourth-order valence-corrected chi connectivity index (χ4v) is 6.74. The Balaban J connectivity index is 1.91. The van der Waals surface area contributed by atoms with E-state index in [4.69, 9.17) is 9.47 Å². The van der Waals surface area contributed by atoms with Crippen molar-refractivity contribution >= 4 is 12.3 Å². The average molecular weight is 667 g/mol. The molecule has 0 saturated carbocycles. The van der Waals surface area contributed by atoms with Crippen LogP contribution in [0.4, 0.5) is 0 Å². The van der Waals surface area contributed by atoms with Crippen molar-refractivity contribution in [3.05, 3.63) is 130 Å². The highest BCUT2D eigenvalue weighted by Gasteiger charge is 2.35. The third-order valence-electron chi connectivity index (χ3n) is 9.37. The molecule has 4 nitrogen and oxygen atoms in total. The first kappa shape index (κ1) is 41.4. The van der Waals surface area contributed by atoms with Crippen LogP contribution < -0.4 is 0 Å². The molecule has 0 aromatic rings. The molecule has 0 fully saturated rings. The molecule has 4 heteroatoms. The van der Waals surface area contributed by atoms with Crippen LogP contribution in [0.2, 0.25) is 0 Å². The van der Waals surface area contributed by atoms with Gasteiger partial charge in [-0.25, -0.2) is 0 Å². The van der Waals surface area contributed by atoms with Gasteiger partial charge in [0.25, 0.3) is 0 Å². The van der Waals surface area contributed by atoms with E-state index in [0.717, 1.165) is 31.1 Å². The molecule has 0 aromatic heterocycles. The third-order valence-corrected chi connectivity index (χ3v) is 9.37. The molecule has 266 valence electrons. The normalized spacial score (nSPS) is 24.2. The van der Waals surface area contributed by atoms with E-state index in [-0.39, 0.29) is 41.8 Å². The number of rotatable bonds is 15. The summed E-state index contributed by atoms with van der Waals surface area (Å²) in [6.45, 7) is 21.8. The van der Waals surface area contributed by atoms with Crippen LogP contribution in [0, 0.1) is 16.7 Å². The number of carbonyl (C=O) groups is 2. The highest BCUT2D eigenvalue weighted by atomic mass is 16.5. The number of hydrogen-bond acceptors (Lipinski definition) is 4. The van der Waals surface area contributed by atoms with Crippen LogP contribution in [0.1, 0.15) is 101 Å². The van der Waals surface area contributed by atoms with Crippen molar-refractivity contribution in [2.45, 2.75) is 114 Å². The molecule has 49 heavy (non-hydrogen) atoms. The molecular weight excluding hydrogens is 604 g/mol. The van der Waals surface area contributed by atoms with Gasteiger partial charge in [0.1, 0.15) is 12.4 Å². The van der Waals surface area contributed by atoms with E-state index in [1.807, 2.05) is 0 Å². The number of ether oxygens (including phenoxy) is 2. The van der Waals surface area contributed by atoms with Crippen molar-refractivity contribution in [2.75, 3.05) is 7.11 Å². The van der Waals surface area contributed by atoms with E-state index >= 15 is 0 Å². The maximum absolute atomic E-state index is 12.0. The fraction of sp³-hybridized carbons (Fsp3) is 0.467. The number of methoxy groups -OCH3 is 1. The van der Waals surface area contributed by atoms with Gasteiger partial charge >= 0.3 is 5.97 Å². The molecule has 2 aliphatic carbocycles. The van der Waals surface area contributed by atoms with E-state index in [1.54, 1.807) is 7.11 Å². The lowest BCUT2D eigenvalue weighted by atomic mass is 9.67. The van der Waals surface area contributed by atoms with Gasteiger partial charge in [-0.05, 0) is 70.8 Å². The topological polar surface area (TPSA) is 52.6 Å². The van der Waals surface area contributed by atoms with Crippen molar-refractivity contribution in [1.29, 1.82) is 0 Å². The zero-order valence-corrected chi connectivity index (χ0v) is 32.1. The molecule has 0 aromatic carbocycles. The Hall–Kier alpha value is -3.76. The molecule has 2 aliphatic rings. The van der Waals surface area contributed by atoms with Gasteiger partial charge in [-0.15, -0.1) is 0 Å². The van der Waals surface area contributed by atoms with E-state index in [1.165, 1.54) is 33.4 Å². The maximum atomic E-state index is 12.0. The first-order chi connectivity index (χ1) is 23.1. The summed E-state index contributed by atoms with van der Waals surface area (Å²) >= 11 is 0. The SMILES string of the molecule is COC1C=C(C)C(/C=C/C(C)=C/C=C/C(C)=C/C=C/C=C(C)/C=C/C=C(C)/C=C/C2=C(C)CC(OC(=O)CCC=O)CC2(C)C)C(C)(C)C1. The number of esters is 1. The Kier molecular flexibility index (Phi) is 16.9. The van der Waals surface area contributed by atoms with Crippen LogP contribution in [-0.4, -0.2) is 31.6 Å². The lowest BCUT2D eigenvalue weighted by Crippen LogP contribution is -2.33. The Labute approximate surface area is 298 Å². The summed E-state index contributed by atoms with van der Waals surface area (Å²) in [5.41, 5.74) is 8.72. The summed E-state index contributed by atoms with van der Waals surface area (Å²) in [4.78, 5) is 22.6. The molecular formula is C45H62O4. The number of allylic oxidation sites excluding steroid dienone is 20. The Morgan fingerprint density at radius 1 is 0.816 bits per heavy atom. The Morgan fingerprint density at radius 2 is 1.37 bits per heavy atom. The minimum absolute atomic E-state index is 0.107. The smallest absolute Gasteiger partial charge is 0.306 e. The first-order valence-corrected chi connectivity index (χ1v) is 17.7. The largest absolute Gasteiger partial charge is 0.462 e. The molecule has 0 spiro atoms. The van der Waals surface area contributed by atoms with Gasteiger partial charge in [0.05, 0.1) is 12.5 Å². The van der Waals surface area contributed by atoms with Crippen molar-refractivity contribution < 1.29 is 19.1 Å². The van der Waals surface area contributed by atoms with Crippen LogP contribution in [-0.2, 0) is 19.1 Å². The van der Waals surface area contributed by atoms with Crippen LogP contribution in [0.3, 0.4) is 0 Å². The molecule has 3 unspecified atom stereocenters. The van der Waals surface area contributed by atoms with Crippen molar-refractivity contribution in [3.63, 3.8) is 0 Å². The summed E-state index contributed by atoms with van der Waals surface area (Å²) < 4.78 is 11.3. The average Bonchev–Trinajstić information content (AvgIpc) is 3.00. The summed E-state index contributed by atoms with van der Waals surface area (Å²) in [6.07, 6.45) is 36.0. The van der Waals surface area contributed by atoms with Crippen LogP contribution in [0.5, 0.6) is 0 Å². The Morgan fingerprint density at radius 3 is 1.90 bits per heavy atom. The lowest BCUT2D eigenvalue weighted by Gasteiger charge is -2.39. The number of hydrogen-bond donors (Lipinski definition) is 0. The molecule has 0 saturated heterocycles. The van der Waals surface area contributed by atoms with E-state index in [0.29, 0.717) is 5.92 Å². The summed E-state index contributed by atoms with van der Waals surface area (Å²) in [7, 11) is 1.79. The first-order valence-electron chi connectivity index (χ1n) is 17.7. The molecule has 0 radical (unpaired) electrons. The fourth-order valence-electron chi connectivity index (χ4n) is 6.74. The quantitative estimate of drug-likeness (QED) is 0.0755. The van der Waals surface area contributed by atoms with Gasteiger partial charge < -0.3 is 14.3 Å². The second kappa shape index (κ2) is 20.0. The second-order valence-corrected chi connectivity index (χ2v) is 15.1. The van der Waals surface area contributed by atoms with Gasteiger partial charge in [0.2, 0.25) is 0 Å². The van der Waals surface area contributed by atoms with Crippen LogP contribution >= 0.6 is 0 Å². The summed E-state index contributed by atoms with van der Waals surface area (Å²) in [5.74, 6) is 0.126.